The van der Waals surface area contributed by atoms with Gasteiger partial charge in [-0.1, -0.05) is 11.3 Å². The predicted molar refractivity (Wildman–Crippen MR) is 130 cm³/mol. The highest BCUT2D eigenvalue weighted by Gasteiger charge is 2.36. The topological polar surface area (TPSA) is 82.1 Å². The molecule has 2 fully saturated rings. The van der Waals surface area contributed by atoms with Crippen molar-refractivity contribution in [1.29, 1.82) is 5.26 Å². The van der Waals surface area contributed by atoms with E-state index in [0.29, 0.717) is 46.1 Å². The maximum absolute atomic E-state index is 15.1. The van der Waals surface area contributed by atoms with E-state index in [1.165, 1.54) is 30.2 Å². The van der Waals surface area contributed by atoms with Crippen LogP contribution in [0.1, 0.15) is 36.9 Å². The third kappa shape index (κ3) is 3.72. The SMILES string of the molecule is Cc1cn2nc(-c3cc(F)c4nc(N(C)[C@@H]5C[C@H]6CC[C@@H](C5)N6)sc4c3)cc(C#N)c2n1.Cl. The molecule has 2 saturated heterocycles. The lowest BCUT2D eigenvalue weighted by Crippen LogP contribution is -2.47. The minimum Gasteiger partial charge on any atom is -0.348 e. The molecule has 3 aromatic heterocycles. The van der Waals surface area contributed by atoms with Crippen LogP contribution in [0.5, 0.6) is 0 Å². The Morgan fingerprint density at radius 2 is 1.97 bits per heavy atom. The number of anilines is 1. The third-order valence-corrected chi connectivity index (χ3v) is 7.79. The van der Waals surface area contributed by atoms with E-state index in [1.807, 2.05) is 13.0 Å². The number of hydrogen-bond acceptors (Lipinski definition) is 7. The molecule has 0 aliphatic carbocycles. The zero-order valence-corrected chi connectivity index (χ0v) is 19.9. The quantitative estimate of drug-likeness (QED) is 0.463. The number of hydrogen-bond donors (Lipinski definition) is 1. The lowest BCUT2D eigenvalue weighted by molar-refractivity contribution is 0.354. The van der Waals surface area contributed by atoms with Crippen LogP contribution in [-0.2, 0) is 0 Å². The van der Waals surface area contributed by atoms with Crippen LogP contribution in [0.3, 0.4) is 0 Å². The van der Waals surface area contributed by atoms with Crippen LogP contribution in [-0.4, -0.2) is 44.8 Å². The van der Waals surface area contributed by atoms with Crippen molar-refractivity contribution >= 4 is 44.7 Å². The molecule has 33 heavy (non-hydrogen) atoms. The average Bonchev–Trinajstić information content (AvgIpc) is 3.47. The van der Waals surface area contributed by atoms with Crippen molar-refractivity contribution in [3.63, 3.8) is 0 Å². The van der Waals surface area contributed by atoms with Gasteiger partial charge in [0.25, 0.3) is 0 Å². The Hall–Kier alpha value is -2.80. The van der Waals surface area contributed by atoms with E-state index in [9.17, 15) is 5.26 Å². The summed E-state index contributed by atoms with van der Waals surface area (Å²) >= 11 is 1.51. The van der Waals surface area contributed by atoms with E-state index in [4.69, 9.17) is 0 Å². The number of fused-ring (bicyclic) bond motifs is 4. The van der Waals surface area contributed by atoms with Crippen molar-refractivity contribution < 1.29 is 4.39 Å². The Labute approximate surface area is 200 Å². The van der Waals surface area contributed by atoms with Gasteiger partial charge >= 0.3 is 0 Å². The van der Waals surface area contributed by atoms with Crippen LogP contribution >= 0.6 is 23.7 Å². The fourth-order valence-electron chi connectivity index (χ4n) is 5.09. The normalized spacial score (nSPS) is 21.8. The highest BCUT2D eigenvalue weighted by molar-refractivity contribution is 7.22. The van der Waals surface area contributed by atoms with Gasteiger partial charge < -0.3 is 10.2 Å². The first-order valence-electron chi connectivity index (χ1n) is 10.8. The van der Waals surface area contributed by atoms with Gasteiger partial charge in [0.15, 0.2) is 16.6 Å². The third-order valence-electron chi connectivity index (χ3n) is 6.70. The number of piperidine rings is 1. The number of rotatable bonds is 3. The standard InChI is InChI=1S/C23H22FN7S.ClH/c1-12-11-31-22(26-12)14(10-25)6-19(29-31)13-5-18(24)21-20(7-13)32-23(28-21)30(2)17-8-15-3-4-16(9-17)27-15;/h5-7,11,15-17,27H,3-4,8-9H2,1-2H3;1H/t15-,16+,17-;. The number of nitrogens with zero attached hydrogens (tertiary/aromatic N) is 6. The van der Waals surface area contributed by atoms with Crippen molar-refractivity contribution in [2.75, 3.05) is 11.9 Å². The first kappa shape index (κ1) is 22.0. The summed E-state index contributed by atoms with van der Waals surface area (Å²) in [6.45, 7) is 1.85. The van der Waals surface area contributed by atoms with Crippen molar-refractivity contribution in [3.8, 4) is 17.3 Å². The summed E-state index contributed by atoms with van der Waals surface area (Å²) in [6.07, 6.45) is 6.45. The number of thiazole rings is 1. The molecule has 170 valence electrons. The van der Waals surface area contributed by atoms with Crippen molar-refractivity contribution in [1.82, 2.24) is 24.9 Å². The molecule has 0 amide bonds. The second-order valence-electron chi connectivity index (χ2n) is 8.88. The molecular weight excluding hydrogens is 461 g/mol. The maximum atomic E-state index is 15.1. The van der Waals surface area contributed by atoms with Gasteiger partial charge in [0.2, 0.25) is 0 Å². The second kappa shape index (κ2) is 8.20. The number of halogens is 2. The van der Waals surface area contributed by atoms with Gasteiger partial charge in [-0.3, -0.25) is 0 Å². The fourth-order valence-corrected chi connectivity index (χ4v) is 6.14. The minimum absolute atomic E-state index is 0. The second-order valence-corrected chi connectivity index (χ2v) is 9.89. The molecule has 10 heteroatoms. The maximum Gasteiger partial charge on any atom is 0.186 e. The minimum atomic E-state index is -0.374. The number of aromatic nitrogens is 4. The smallest absolute Gasteiger partial charge is 0.186 e. The molecule has 6 rings (SSSR count). The monoisotopic (exact) mass is 483 g/mol. The van der Waals surface area contributed by atoms with Gasteiger partial charge in [0, 0.05) is 30.7 Å². The van der Waals surface area contributed by atoms with Crippen LogP contribution in [0.4, 0.5) is 9.52 Å². The molecule has 2 aliphatic rings. The molecule has 2 aliphatic heterocycles. The molecule has 0 radical (unpaired) electrons. The molecular formula is C23H23ClFN7S. The van der Waals surface area contributed by atoms with Crippen LogP contribution in [0.15, 0.2) is 24.4 Å². The van der Waals surface area contributed by atoms with E-state index in [2.05, 4.69) is 38.4 Å². The van der Waals surface area contributed by atoms with Crippen LogP contribution < -0.4 is 10.2 Å². The van der Waals surface area contributed by atoms with Crippen LogP contribution in [0.2, 0.25) is 0 Å². The fraction of sp³-hybridized carbons (Fsp3) is 0.391. The summed E-state index contributed by atoms with van der Waals surface area (Å²) in [5.74, 6) is -0.374. The summed E-state index contributed by atoms with van der Waals surface area (Å²) in [5.41, 5.74) is 3.23. The van der Waals surface area contributed by atoms with Crippen molar-refractivity contribution in [2.45, 2.75) is 50.7 Å². The molecule has 1 aromatic carbocycles. The van der Waals surface area contributed by atoms with Gasteiger partial charge in [-0.2, -0.15) is 10.4 Å². The van der Waals surface area contributed by atoms with E-state index < -0.39 is 0 Å². The average molecular weight is 484 g/mol. The summed E-state index contributed by atoms with van der Waals surface area (Å²) in [4.78, 5) is 11.2. The Bertz CT molecular complexity index is 1400. The number of nitrogens with one attached hydrogen (secondary N) is 1. The molecule has 1 N–H and O–H groups in total. The largest absolute Gasteiger partial charge is 0.348 e. The van der Waals surface area contributed by atoms with Crippen LogP contribution in [0, 0.1) is 24.1 Å². The Morgan fingerprint density at radius 1 is 1.21 bits per heavy atom. The van der Waals surface area contributed by atoms with E-state index in [-0.39, 0.29) is 18.2 Å². The van der Waals surface area contributed by atoms with E-state index in [0.717, 1.165) is 28.4 Å². The van der Waals surface area contributed by atoms with Gasteiger partial charge in [0.05, 0.1) is 27.8 Å². The van der Waals surface area contributed by atoms with E-state index in [1.54, 1.807) is 16.8 Å². The predicted octanol–water partition coefficient (Wildman–Crippen LogP) is 4.47. The number of imidazole rings is 1. The van der Waals surface area contributed by atoms with Gasteiger partial charge in [-0.15, -0.1) is 12.4 Å². The number of nitriles is 1. The molecule has 7 nitrogen and oxygen atoms in total. The van der Waals surface area contributed by atoms with Crippen molar-refractivity contribution in [3.05, 3.63) is 41.5 Å². The number of aryl methyl sites for hydroxylation is 1. The van der Waals surface area contributed by atoms with Gasteiger partial charge in [-0.25, -0.2) is 18.9 Å². The van der Waals surface area contributed by atoms with Crippen molar-refractivity contribution in [2.24, 2.45) is 0 Å². The van der Waals surface area contributed by atoms with E-state index >= 15 is 4.39 Å². The molecule has 0 saturated carbocycles. The van der Waals surface area contributed by atoms with Gasteiger partial charge in [-0.05, 0) is 50.8 Å². The summed E-state index contributed by atoms with van der Waals surface area (Å²) in [6, 6.07) is 8.80. The Kier molecular flexibility index (Phi) is 5.47. The molecule has 0 spiro atoms. The first-order valence-corrected chi connectivity index (χ1v) is 11.7. The highest BCUT2D eigenvalue weighted by atomic mass is 35.5. The molecule has 3 atom stereocenters. The lowest BCUT2D eigenvalue weighted by Gasteiger charge is -2.35. The molecule has 0 unspecified atom stereocenters. The molecule has 2 bridgehead atoms. The summed E-state index contributed by atoms with van der Waals surface area (Å²) in [5, 5.41) is 18.6. The van der Waals surface area contributed by atoms with Gasteiger partial charge in [0.1, 0.15) is 11.6 Å². The Balaban J connectivity index is 0.00000228. The zero-order valence-electron chi connectivity index (χ0n) is 18.2. The molecule has 4 aromatic rings. The molecule has 5 heterocycles. The lowest BCUT2D eigenvalue weighted by atomic mass is 9.99. The Morgan fingerprint density at radius 3 is 2.70 bits per heavy atom. The highest BCUT2D eigenvalue weighted by Crippen LogP contribution is 2.37. The first-order chi connectivity index (χ1) is 15.5. The zero-order chi connectivity index (χ0) is 22.0. The van der Waals surface area contributed by atoms with Crippen LogP contribution in [0.25, 0.3) is 27.1 Å². The summed E-state index contributed by atoms with van der Waals surface area (Å²) < 4.78 is 17.5. The summed E-state index contributed by atoms with van der Waals surface area (Å²) in [7, 11) is 2.07. The number of benzene rings is 1.